The summed E-state index contributed by atoms with van der Waals surface area (Å²) < 4.78 is 2.28. The summed E-state index contributed by atoms with van der Waals surface area (Å²) in [4.78, 5) is 17.2. The molecule has 4 rings (SSSR count). The summed E-state index contributed by atoms with van der Waals surface area (Å²) in [7, 11) is 0. The Morgan fingerprint density at radius 3 is 2.59 bits per heavy atom. The molecular weight excluding hydrogens is 358 g/mol. The van der Waals surface area contributed by atoms with Gasteiger partial charge < -0.3 is 9.88 Å². The van der Waals surface area contributed by atoms with Crippen LogP contribution in [0, 0.1) is 6.92 Å². The molecule has 0 radical (unpaired) electrons. The van der Waals surface area contributed by atoms with Crippen molar-refractivity contribution < 1.29 is 4.79 Å². The van der Waals surface area contributed by atoms with Gasteiger partial charge in [-0.1, -0.05) is 60.2 Å². The number of hydrogen-bond acceptors (Lipinski definition) is 2. The highest BCUT2D eigenvalue weighted by Gasteiger charge is 2.11. The third kappa shape index (κ3) is 4.54. The Labute approximate surface area is 171 Å². The van der Waals surface area contributed by atoms with E-state index in [9.17, 15) is 4.79 Å². The molecule has 4 nitrogen and oxygen atoms in total. The minimum atomic E-state index is -0.0218. The van der Waals surface area contributed by atoms with Crippen LogP contribution < -0.4 is 5.32 Å². The van der Waals surface area contributed by atoms with Crippen molar-refractivity contribution >= 4 is 16.9 Å². The number of para-hydroxylation sites is 2. The molecule has 0 atom stereocenters. The molecule has 3 aromatic carbocycles. The van der Waals surface area contributed by atoms with Gasteiger partial charge in [0.05, 0.1) is 11.0 Å². The molecule has 1 heterocycles. The fraction of sp³-hybridized carbons (Fsp3) is 0.200. The molecule has 146 valence electrons. The van der Waals surface area contributed by atoms with Crippen molar-refractivity contribution in [2.24, 2.45) is 0 Å². The zero-order valence-corrected chi connectivity index (χ0v) is 16.6. The molecule has 4 aromatic rings. The summed E-state index contributed by atoms with van der Waals surface area (Å²) in [5.74, 6) is 1.03. The van der Waals surface area contributed by atoms with Crippen LogP contribution in [0.3, 0.4) is 0 Å². The number of carbonyl (C=O) groups is 1. The number of benzene rings is 3. The molecule has 0 aliphatic rings. The third-order valence-corrected chi connectivity index (χ3v) is 5.06. The summed E-state index contributed by atoms with van der Waals surface area (Å²) in [6.45, 7) is 3.42. The predicted molar refractivity (Wildman–Crippen MR) is 117 cm³/mol. The quantitative estimate of drug-likeness (QED) is 0.468. The van der Waals surface area contributed by atoms with Crippen LogP contribution in [0.4, 0.5) is 0 Å². The molecule has 0 bridgehead atoms. The fourth-order valence-corrected chi connectivity index (χ4v) is 3.60. The molecule has 0 fully saturated rings. The van der Waals surface area contributed by atoms with Gasteiger partial charge in [-0.3, -0.25) is 4.79 Å². The van der Waals surface area contributed by atoms with E-state index in [-0.39, 0.29) is 5.91 Å². The first kappa shape index (κ1) is 18.9. The summed E-state index contributed by atoms with van der Waals surface area (Å²) in [6, 6.07) is 26.4. The molecule has 29 heavy (non-hydrogen) atoms. The number of nitrogens with one attached hydrogen (secondary N) is 1. The van der Waals surface area contributed by atoms with E-state index in [1.807, 2.05) is 43.3 Å². The van der Waals surface area contributed by atoms with E-state index in [1.54, 1.807) is 0 Å². The van der Waals surface area contributed by atoms with Crippen molar-refractivity contribution in [1.82, 2.24) is 14.9 Å². The largest absolute Gasteiger partial charge is 0.352 e. The summed E-state index contributed by atoms with van der Waals surface area (Å²) in [6.07, 6.45) is 1.66. The maximum atomic E-state index is 12.3. The number of aromatic nitrogens is 2. The first-order chi connectivity index (χ1) is 14.2. The van der Waals surface area contributed by atoms with Gasteiger partial charge in [0.1, 0.15) is 5.82 Å². The Bertz CT molecular complexity index is 1120. The van der Waals surface area contributed by atoms with Crippen LogP contribution in [-0.4, -0.2) is 22.0 Å². The van der Waals surface area contributed by atoms with Crippen LogP contribution in [0.1, 0.15) is 33.7 Å². The molecule has 0 aliphatic heterocycles. The van der Waals surface area contributed by atoms with Gasteiger partial charge in [0, 0.05) is 25.1 Å². The van der Waals surface area contributed by atoms with Gasteiger partial charge >= 0.3 is 0 Å². The SMILES string of the molecule is Cc1cccc(C(=O)NCCCc2nc3ccccc3n2Cc2ccccc2)c1. The Morgan fingerprint density at radius 1 is 0.966 bits per heavy atom. The fourth-order valence-electron chi connectivity index (χ4n) is 3.60. The molecule has 0 saturated heterocycles. The highest BCUT2D eigenvalue weighted by Crippen LogP contribution is 2.19. The van der Waals surface area contributed by atoms with Crippen LogP contribution in [0.5, 0.6) is 0 Å². The van der Waals surface area contributed by atoms with Crippen molar-refractivity contribution in [2.75, 3.05) is 6.54 Å². The highest BCUT2D eigenvalue weighted by molar-refractivity contribution is 5.94. The van der Waals surface area contributed by atoms with Gasteiger partial charge in [0.2, 0.25) is 0 Å². The monoisotopic (exact) mass is 383 g/mol. The molecule has 1 amide bonds. The van der Waals surface area contributed by atoms with Gasteiger partial charge in [0.25, 0.3) is 5.91 Å². The van der Waals surface area contributed by atoms with Crippen LogP contribution in [-0.2, 0) is 13.0 Å². The zero-order valence-electron chi connectivity index (χ0n) is 16.6. The predicted octanol–water partition coefficient (Wildman–Crippen LogP) is 4.76. The number of imidazole rings is 1. The molecular formula is C25H25N3O. The van der Waals surface area contributed by atoms with E-state index >= 15 is 0 Å². The van der Waals surface area contributed by atoms with Crippen molar-refractivity contribution in [3.8, 4) is 0 Å². The molecule has 0 unspecified atom stereocenters. The number of fused-ring (bicyclic) bond motifs is 1. The second kappa shape index (κ2) is 8.74. The lowest BCUT2D eigenvalue weighted by Crippen LogP contribution is -2.25. The number of hydrogen-bond donors (Lipinski definition) is 1. The van der Waals surface area contributed by atoms with Crippen molar-refractivity contribution in [2.45, 2.75) is 26.3 Å². The lowest BCUT2D eigenvalue weighted by molar-refractivity contribution is 0.0953. The van der Waals surface area contributed by atoms with Gasteiger partial charge in [-0.15, -0.1) is 0 Å². The lowest BCUT2D eigenvalue weighted by Gasteiger charge is -2.10. The number of amides is 1. The summed E-state index contributed by atoms with van der Waals surface area (Å²) in [5.41, 5.74) is 5.22. The maximum Gasteiger partial charge on any atom is 0.251 e. The normalized spacial score (nSPS) is 10.9. The summed E-state index contributed by atoms with van der Waals surface area (Å²) >= 11 is 0. The average molecular weight is 383 g/mol. The smallest absolute Gasteiger partial charge is 0.251 e. The van der Waals surface area contributed by atoms with Crippen molar-refractivity contribution in [3.05, 3.63) is 101 Å². The van der Waals surface area contributed by atoms with Crippen LogP contribution >= 0.6 is 0 Å². The number of nitrogens with zero attached hydrogens (tertiary/aromatic N) is 2. The third-order valence-electron chi connectivity index (χ3n) is 5.06. The van der Waals surface area contributed by atoms with Crippen LogP contribution in [0.2, 0.25) is 0 Å². The molecule has 0 spiro atoms. The Morgan fingerprint density at radius 2 is 1.76 bits per heavy atom. The second-order valence-corrected chi connectivity index (χ2v) is 7.32. The average Bonchev–Trinajstić information content (AvgIpc) is 3.09. The second-order valence-electron chi connectivity index (χ2n) is 7.32. The van der Waals surface area contributed by atoms with E-state index < -0.39 is 0 Å². The van der Waals surface area contributed by atoms with Gasteiger partial charge in [-0.05, 0) is 43.2 Å². The van der Waals surface area contributed by atoms with E-state index in [0.29, 0.717) is 12.1 Å². The number of rotatable bonds is 7. The maximum absolute atomic E-state index is 12.3. The number of carbonyl (C=O) groups excluding carboxylic acids is 1. The van der Waals surface area contributed by atoms with E-state index in [0.717, 1.165) is 41.8 Å². The van der Waals surface area contributed by atoms with Crippen molar-refractivity contribution in [3.63, 3.8) is 0 Å². The Kier molecular flexibility index (Phi) is 5.71. The van der Waals surface area contributed by atoms with E-state index in [2.05, 4.69) is 52.3 Å². The van der Waals surface area contributed by atoms with Crippen LogP contribution in [0.25, 0.3) is 11.0 Å². The minimum absolute atomic E-state index is 0.0218. The van der Waals surface area contributed by atoms with E-state index in [1.165, 1.54) is 5.56 Å². The topological polar surface area (TPSA) is 46.9 Å². The molecule has 0 aliphatic carbocycles. The number of aryl methyl sites for hydroxylation is 2. The Hall–Kier alpha value is -3.40. The minimum Gasteiger partial charge on any atom is -0.352 e. The Balaban J connectivity index is 1.44. The van der Waals surface area contributed by atoms with Gasteiger partial charge in [-0.25, -0.2) is 4.98 Å². The summed E-state index contributed by atoms with van der Waals surface area (Å²) in [5, 5.41) is 3.02. The molecule has 4 heteroatoms. The lowest BCUT2D eigenvalue weighted by atomic mass is 10.1. The van der Waals surface area contributed by atoms with Gasteiger partial charge in [-0.2, -0.15) is 0 Å². The van der Waals surface area contributed by atoms with Gasteiger partial charge in [0.15, 0.2) is 0 Å². The van der Waals surface area contributed by atoms with E-state index in [4.69, 9.17) is 4.98 Å². The highest BCUT2D eigenvalue weighted by atomic mass is 16.1. The first-order valence-corrected chi connectivity index (χ1v) is 10.0. The van der Waals surface area contributed by atoms with Crippen molar-refractivity contribution in [1.29, 1.82) is 0 Å². The standard InChI is InChI=1S/C25H25N3O/c1-19-9-7-12-21(17-19)25(29)26-16-8-15-24-27-22-13-5-6-14-23(22)28(24)18-20-10-3-2-4-11-20/h2-7,9-14,17H,8,15-16,18H2,1H3,(H,26,29). The molecule has 0 saturated carbocycles. The van der Waals surface area contributed by atoms with Crippen LogP contribution in [0.15, 0.2) is 78.9 Å². The molecule has 1 N–H and O–H groups in total. The molecule has 1 aromatic heterocycles. The zero-order chi connectivity index (χ0) is 20.1. The first-order valence-electron chi connectivity index (χ1n) is 10.0.